The average molecular weight is 419 g/mol. The molecule has 2 heterocycles. The molecule has 31 heavy (non-hydrogen) atoms. The maximum Gasteiger partial charge on any atom is 0.254 e. The van der Waals surface area contributed by atoms with E-state index in [0.29, 0.717) is 30.4 Å². The van der Waals surface area contributed by atoms with Crippen LogP contribution in [0.25, 0.3) is 11.4 Å². The molecule has 7 heteroatoms. The van der Waals surface area contributed by atoms with Crippen molar-refractivity contribution in [1.29, 1.82) is 0 Å². The highest BCUT2D eigenvalue weighted by Crippen LogP contribution is 2.23. The number of nitrogens with zero attached hydrogens (tertiary/aromatic N) is 5. The van der Waals surface area contributed by atoms with Gasteiger partial charge in [0.05, 0.1) is 5.56 Å². The highest BCUT2D eigenvalue weighted by atomic mass is 16.2. The van der Waals surface area contributed by atoms with Gasteiger partial charge in [-0.25, -0.2) is 19.9 Å². The van der Waals surface area contributed by atoms with Crippen molar-refractivity contribution in [3.63, 3.8) is 0 Å². The average Bonchev–Trinajstić information content (AvgIpc) is 2.76. The standard InChI is InChI=1S/C24H30N6O/c1-5-30(14-7-6-11-27-24-28-18(3)16-19(4)29-24)23(31)21-15-17(2)9-10-20(21)22-25-12-8-13-26-22/h8-10,12-13,15-16H,5-7,11,14H2,1-4H3,(H,27,28,29). The number of hydrogen-bond acceptors (Lipinski definition) is 6. The minimum Gasteiger partial charge on any atom is -0.354 e. The first-order valence-corrected chi connectivity index (χ1v) is 10.7. The zero-order chi connectivity index (χ0) is 22.2. The molecule has 0 unspecified atom stereocenters. The van der Waals surface area contributed by atoms with Gasteiger partial charge in [0.15, 0.2) is 5.82 Å². The molecule has 0 saturated heterocycles. The molecule has 7 nitrogen and oxygen atoms in total. The van der Waals surface area contributed by atoms with E-state index in [-0.39, 0.29) is 5.91 Å². The van der Waals surface area contributed by atoms with Crippen LogP contribution in [0.5, 0.6) is 0 Å². The van der Waals surface area contributed by atoms with Crippen molar-refractivity contribution in [1.82, 2.24) is 24.8 Å². The lowest BCUT2D eigenvalue weighted by Crippen LogP contribution is -2.32. The van der Waals surface area contributed by atoms with E-state index in [2.05, 4.69) is 25.3 Å². The summed E-state index contributed by atoms with van der Waals surface area (Å²) in [5.74, 6) is 1.24. The van der Waals surface area contributed by atoms with E-state index < -0.39 is 0 Å². The highest BCUT2D eigenvalue weighted by molar-refractivity contribution is 6.00. The number of rotatable bonds is 9. The Morgan fingerprint density at radius 2 is 1.71 bits per heavy atom. The van der Waals surface area contributed by atoms with Gasteiger partial charge in [-0.2, -0.15) is 0 Å². The number of aromatic nitrogens is 4. The molecule has 0 spiro atoms. The lowest BCUT2D eigenvalue weighted by Gasteiger charge is -2.22. The summed E-state index contributed by atoms with van der Waals surface area (Å²) in [6.07, 6.45) is 5.20. The predicted octanol–water partition coefficient (Wildman–Crippen LogP) is 4.21. The number of anilines is 1. The smallest absolute Gasteiger partial charge is 0.254 e. The summed E-state index contributed by atoms with van der Waals surface area (Å²) >= 11 is 0. The molecule has 2 aromatic heterocycles. The number of unbranched alkanes of at least 4 members (excludes halogenated alkanes) is 1. The minimum atomic E-state index is 0.0132. The third-order valence-corrected chi connectivity index (χ3v) is 5.00. The lowest BCUT2D eigenvalue weighted by atomic mass is 10.0. The molecule has 0 saturated carbocycles. The molecule has 1 aromatic carbocycles. The Kier molecular flexibility index (Phi) is 7.65. The zero-order valence-corrected chi connectivity index (χ0v) is 18.7. The van der Waals surface area contributed by atoms with Gasteiger partial charge >= 0.3 is 0 Å². The number of aryl methyl sites for hydroxylation is 3. The molecule has 0 aliphatic heterocycles. The van der Waals surface area contributed by atoms with E-state index in [1.54, 1.807) is 18.5 Å². The second kappa shape index (κ2) is 10.6. The Morgan fingerprint density at radius 1 is 1.00 bits per heavy atom. The van der Waals surface area contributed by atoms with Gasteiger partial charge in [0.2, 0.25) is 5.95 Å². The molecular weight excluding hydrogens is 388 g/mol. The summed E-state index contributed by atoms with van der Waals surface area (Å²) in [6, 6.07) is 9.57. The van der Waals surface area contributed by atoms with Gasteiger partial charge in [0, 0.05) is 49.0 Å². The van der Waals surface area contributed by atoms with Crippen LogP contribution in [-0.4, -0.2) is 50.4 Å². The molecule has 0 atom stereocenters. The van der Waals surface area contributed by atoms with E-state index in [1.165, 1.54) is 0 Å². The van der Waals surface area contributed by atoms with Gasteiger partial charge in [-0.1, -0.05) is 17.7 Å². The van der Waals surface area contributed by atoms with Crippen molar-refractivity contribution in [2.24, 2.45) is 0 Å². The van der Waals surface area contributed by atoms with Crippen molar-refractivity contribution in [3.8, 4) is 11.4 Å². The fourth-order valence-electron chi connectivity index (χ4n) is 3.47. The van der Waals surface area contributed by atoms with Crippen molar-refractivity contribution in [3.05, 3.63) is 65.2 Å². The van der Waals surface area contributed by atoms with Crippen molar-refractivity contribution >= 4 is 11.9 Å². The first kappa shape index (κ1) is 22.3. The quantitative estimate of drug-likeness (QED) is 0.524. The van der Waals surface area contributed by atoms with Crippen molar-refractivity contribution < 1.29 is 4.79 Å². The van der Waals surface area contributed by atoms with Gasteiger partial charge in [0.25, 0.3) is 5.91 Å². The molecular formula is C24H30N6O. The maximum absolute atomic E-state index is 13.3. The largest absolute Gasteiger partial charge is 0.354 e. The summed E-state index contributed by atoms with van der Waals surface area (Å²) in [5.41, 5.74) is 4.36. The first-order chi connectivity index (χ1) is 15.0. The topological polar surface area (TPSA) is 83.9 Å². The first-order valence-electron chi connectivity index (χ1n) is 10.7. The van der Waals surface area contributed by atoms with Gasteiger partial charge in [0.1, 0.15) is 0 Å². The Balaban J connectivity index is 1.61. The second-order valence-electron chi connectivity index (χ2n) is 7.61. The molecule has 3 aromatic rings. The molecule has 1 amide bonds. The molecule has 0 fully saturated rings. The monoisotopic (exact) mass is 418 g/mol. The maximum atomic E-state index is 13.3. The van der Waals surface area contributed by atoms with E-state index in [9.17, 15) is 4.79 Å². The lowest BCUT2D eigenvalue weighted by molar-refractivity contribution is 0.0762. The zero-order valence-electron chi connectivity index (χ0n) is 18.7. The summed E-state index contributed by atoms with van der Waals surface area (Å²) in [7, 11) is 0. The molecule has 0 bridgehead atoms. The fraction of sp³-hybridized carbons (Fsp3) is 0.375. The molecule has 1 N–H and O–H groups in total. The normalized spacial score (nSPS) is 10.7. The van der Waals surface area contributed by atoms with Crippen molar-refractivity contribution in [2.45, 2.75) is 40.5 Å². The summed E-state index contributed by atoms with van der Waals surface area (Å²) in [6.45, 7) is 10.0. The van der Waals surface area contributed by atoms with E-state index >= 15 is 0 Å². The van der Waals surface area contributed by atoms with Crippen LogP contribution >= 0.6 is 0 Å². The SMILES string of the molecule is CCN(CCCCNc1nc(C)cc(C)n1)C(=O)c1cc(C)ccc1-c1ncccn1. The van der Waals surface area contributed by atoms with Crippen LogP contribution in [0, 0.1) is 20.8 Å². The number of carbonyl (C=O) groups excluding carboxylic acids is 1. The Morgan fingerprint density at radius 3 is 2.39 bits per heavy atom. The fourth-order valence-corrected chi connectivity index (χ4v) is 3.47. The Bertz CT molecular complexity index is 1000. The summed E-state index contributed by atoms with van der Waals surface area (Å²) in [4.78, 5) is 32.7. The number of carbonyl (C=O) groups is 1. The number of benzene rings is 1. The summed E-state index contributed by atoms with van der Waals surface area (Å²) < 4.78 is 0. The van der Waals surface area contributed by atoms with Crippen LogP contribution < -0.4 is 5.32 Å². The minimum absolute atomic E-state index is 0.0132. The van der Waals surface area contributed by atoms with Gasteiger partial charge in [-0.15, -0.1) is 0 Å². The van der Waals surface area contributed by atoms with E-state index in [4.69, 9.17) is 0 Å². The van der Waals surface area contributed by atoms with Crippen LogP contribution in [-0.2, 0) is 0 Å². The van der Waals surface area contributed by atoms with E-state index in [1.807, 2.05) is 56.9 Å². The number of hydrogen-bond donors (Lipinski definition) is 1. The highest BCUT2D eigenvalue weighted by Gasteiger charge is 2.19. The molecule has 0 radical (unpaired) electrons. The molecule has 0 aliphatic rings. The number of nitrogens with one attached hydrogen (secondary N) is 1. The van der Waals surface area contributed by atoms with E-state index in [0.717, 1.165) is 41.9 Å². The Hall–Kier alpha value is -3.35. The van der Waals surface area contributed by atoms with Crippen LogP contribution in [0.3, 0.4) is 0 Å². The third kappa shape index (κ3) is 6.07. The van der Waals surface area contributed by atoms with Crippen molar-refractivity contribution in [2.75, 3.05) is 25.0 Å². The van der Waals surface area contributed by atoms with Gasteiger partial charge in [-0.3, -0.25) is 4.79 Å². The molecule has 162 valence electrons. The summed E-state index contributed by atoms with van der Waals surface area (Å²) in [5, 5.41) is 3.27. The van der Waals surface area contributed by atoms with Gasteiger partial charge in [-0.05, 0) is 58.7 Å². The van der Waals surface area contributed by atoms with Crippen LogP contribution in [0.4, 0.5) is 5.95 Å². The second-order valence-corrected chi connectivity index (χ2v) is 7.61. The van der Waals surface area contributed by atoms with Gasteiger partial charge < -0.3 is 10.2 Å². The predicted molar refractivity (Wildman–Crippen MR) is 123 cm³/mol. The third-order valence-electron chi connectivity index (χ3n) is 5.00. The Labute approximate surface area is 184 Å². The molecule has 3 rings (SSSR count). The van der Waals surface area contributed by atoms with Crippen LogP contribution in [0.2, 0.25) is 0 Å². The van der Waals surface area contributed by atoms with Crippen LogP contribution in [0.15, 0.2) is 42.7 Å². The van der Waals surface area contributed by atoms with Crippen LogP contribution in [0.1, 0.15) is 47.1 Å². The number of amides is 1. The molecule has 0 aliphatic carbocycles.